The smallest absolute Gasteiger partial charge is 0.335 e. The molecule has 0 saturated carbocycles. The van der Waals surface area contributed by atoms with Crippen LogP contribution in [0.2, 0.25) is 0 Å². The fourth-order valence-corrected chi connectivity index (χ4v) is 1.52. The molecule has 1 rings (SSSR count). The Morgan fingerprint density at radius 1 is 1.42 bits per heavy atom. The molecule has 0 aromatic carbocycles. The van der Waals surface area contributed by atoms with Gasteiger partial charge in [0.25, 0.3) is 5.91 Å². The molecule has 0 aromatic rings. The lowest BCUT2D eigenvalue weighted by molar-refractivity contribution is -0.157. The quantitative estimate of drug-likeness (QED) is 0.704. The molecule has 7 nitrogen and oxygen atoms in total. The SMILES string of the molecule is CC[C@@H](C)NC(=O)NC(=O)COC(=O)[C@H]1CCCO1. The van der Waals surface area contributed by atoms with E-state index in [1.54, 1.807) is 0 Å². The van der Waals surface area contributed by atoms with Gasteiger partial charge in [0.1, 0.15) is 0 Å². The number of carbonyl (C=O) groups excluding carboxylic acids is 3. The van der Waals surface area contributed by atoms with Gasteiger partial charge in [-0.1, -0.05) is 6.92 Å². The second-order valence-electron chi connectivity index (χ2n) is 4.44. The summed E-state index contributed by atoms with van der Waals surface area (Å²) >= 11 is 0. The minimum Gasteiger partial charge on any atom is -0.454 e. The van der Waals surface area contributed by atoms with Crippen LogP contribution in [0.4, 0.5) is 4.79 Å². The van der Waals surface area contributed by atoms with Gasteiger partial charge in [-0.15, -0.1) is 0 Å². The Kier molecular flexibility index (Phi) is 6.27. The van der Waals surface area contributed by atoms with Gasteiger partial charge in [0.15, 0.2) is 12.7 Å². The van der Waals surface area contributed by atoms with Gasteiger partial charge in [0.05, 0.1) is 0 Å². The summed E-state index contributed by atoms with van der Waals surface area (Å²) in [6.07, 6.45) is 1.59. The van der Waals surface area contributed by atoms with E-state index in [9.17, 15) is 14.4 Å². The summed E-state index contributed by atoms with van der Waals surface area (Å²) < 4.78 is 9.87. The van der Waals surface area contributed by atoms with Gasteiger partial charge >= 0.3 is 12.0 Å². The van der Waals surface area contributed by atoms with E-state index in [1.165, 1.54) is 0 Å². The van der Waals surface area contributed by atoms with E-state index < -0.39 is 30.6 Å². The van der Waals surface area contributed by atoms with Crippen LogP contribution in [0, 0.1) is 0 Å². The van der Waals surface area contributed by atoms with Crippen molar-refractivity contribution in [1.29, 1.82) is 0 Å². The summed E-state index contributed by atoms with van der Waals surface area (Å²) in [5.74, 6) is -1.22. The van der Waals surface area contributed by atoms with Crippen molar-refractivity contribution in [3.8, 4) is 0 Å². The van der Waals surface area contributed by atoms with Crippen molar-refractivity contribution in [1.82, 2.24) is 10.6 Å². The molecule has 108 valence electrons. The van der Waals surface area contributed by atoms with Crippen molar-refractivity contribution >= 4 is 17.9 Å². The zero-order valence-corrected chi connectivity index (χ0v) is 11.2. The molecule has 1 fully saturated rings. The van der Waals surface area contributed by atoms with Gasteiger partial charge in [-0.25, -0.2) is 9.59 Å². The number of esters is 1. The predicted molar refractivity (Wildman–Crippen MR) is 66.4 cm³/mol. The molecule has 0 aromatic heterocycles. The minimum absolute atomic E-state index is 0.0257. The third-order valence-corrected chi connectivity index (χ3v) is 2.78. The number of rotatable bonds is 5. The Bertz CT molecular complexity index is 339. The maximum absolute atomic E-state index is 11.4. The first kappa shape index (κ1) is 15.4. The third kappa shape index (κ3) is 5.69. The number of urea groups is 1. The third-order valence-electron chi connectivity index (χ3n) is 2.78. The summed E-state index contributed by atoms with van der Waals surface area (Å²) in [6, 6.07) is -0.616. The van der Waals surface area contributed by atoms with Gasteiger partial charge in [-0.2, -0.15) is 0 Å². The predicted octanol–water partition coefficient (Wildman–Crippen LogP) is 0.333. The molecular formula is C12H20N2O5. The van der Waals surface area contributed by atoms with Crippen LogP contribution in [-0.2, 0) is 19.1 Å². The van der Waals surface area contributed by atoms with Gasteiger partial charge in [-0.05, 0) is 26.2 Å². The van der Waals surface area contributed by atoms with Gasteiger partial charge < -0.3 is 14.8 Å². The lowest BCUT2D eigenvalue weighted by Gasteiger charge is -2.12. The first-order chi connectivity index (χ1) is 9.02. The Hall–Kier alpha value is -1.63. The molecule has 0 radical (unpaired) electrons. The average Bonchev–Trinajstić information content (AvgIpc) is 2.89. The summed E-state index contributed by atoms with van der Waals surface area (Å²) in [5.41, 5.74) is 0. The largest absolute Gasteiger partial charge is 0.454 e. The Balaban J connectivity index is 2.20. The first-order valence-electron chi connectivity index (χ1n) is 6.41. The molecule has 1 saturated heterocycles. The maximum Gasteiger partial charge on any atom is 0.335 e. The zero-order chi connectivity index (χ0) is 14.3. The Labute approximate surface area is 112 Å². The average molecular weight is 272 g/mol. The fourth-order valence-electron chi connectivity index (χ4n) is 1.52. The van der Waals surface area contributed by atoms with Crippen molar-refractivity contribution in [2.75, 3.05) is 13.2 Å². The number of hydrogen-bond acceptors (Lipinski definition) is 5. The highest BCUT2D eigenvalue weighted by atomic mass is 16.6. The molecule has 2 N–H and O–H groups in total. The number of carbonyl (C=O) groups is 3. The van der Waals surface area contributed by atoms with Crippen LogP contribution in [0.1, 0.15) is 33.1 Å². The van der Waals surface area contributed by atoms with E-state index in [2.05, 4.69) is 10.6 Å². The van der Waals surface area contributed by atoms with Crippen LogP contribution in [0.15, 0.2) is 0 Å². The molecule has 0 bridgehead atoms. The van der Waals surface area contributed by atoms with Gasteiger partial charge in [0, 0.05) is 12.6 Å². The van der Waals surface area contributed by atoms with Crippen molar-refractivity contribution in [2.45, 2.75) is 45.3 Å². The monoisotopic (exact) mass is 272 g/mol. The number of imide groups is 1. The Morgan fingerprint density at radius 2 is 2.16 bits per heavy atom. The van der Waals surface area contributed by atoms with Crippen molar-refractivity contribution in [3.05, 3.63) is 0 Å². The van der Waals surface area contributed by atoms with Crippen molar-refractivity contribution in [3.63, 3.8) is 0 Å². The second kappa shape index (κ2) is 7.73. The van der Waals surface area contributed by atoms with Gasteiger partial charge in [0.2, 0.25) is 0 Å². The molecule has 7 heteroatoms. The fraction of sp³-hybridized carbons (Fsp3) is 0.750. The highest BCUT2D eigenvalue weighted by Gasteiger charge is 2.25. The molecule has 1 aliphatic rings. The Morgan fingerprint density at radius 3 is 2.74 bits per heavy atom. The number of amides is 3. The normalized spacial score (nSPS) is 19.6. The van der Waals surface area contributed by atoms with E-state index >= 15 is 0 Å². The van der Waals surface area contributed by atoms with Crippen LogP contribution < -0.4 is 10.6 Å². The molecule has 1 heterocycles. The first-order valence-corrected chi connectivity index (χ1v) is 6.41. The molecule has 0 spiro atoms. The van der Waals surface area contributed by atoms with E-state index in [0.717, 1.165) is 12.8 Å². The summed E-state index contributed by atoms with van der Waals surface area (Å²) in [5, 5.41) is 4.65. The highest BCUT2D eigenvalue weighted by molar-refractivity contribution is 5.95. The number of ether oxygens (including phenoxy) is 2. The van der Waals surface area contributed by atoms with E-state index in [4.69, 9.17) is 9.47 Å². The molecule has 2 atom stereocenters. The van der Waals surface area contributed by atoms with Crippen LogP contribution in [0.3, 0.4) is 0 Å². The number of hydrogen-bond donors (Lipinski definition) is 2. The molecular weight excluding hydrogens is 252 g/mol. The van der Waals surface area contributed by atoms with Crippen molar-refractivity contribution in [2.24, 2.45) is 0 Å². The summed E-state index contributed by atoms with van der Waals surface area (Å²) in [6.45, 7) is 3.79. The molecule has 0 unspecified atom stereocenters. The summed E-state index contributed by atoms with van der Waals surface area (Å²) in [4.78, 5) is 34.1. The van der Waals surface area contributed by atoms with Crippen LogP contribution in [-0.4, -0.2) is 43.3 Å². The maximum atomic E-state index is 11.4. The van der Waals surface area contributed by atoms with Crippen molar-refractivity contribution < 1.29 is 23.9 Å². The van der Waals surface area contributed by atoms with Crippen LogP contribution in [0.25, 0.3) is 0 Å². The lowest BCUT2D eigenvalue weighted by Crippen LogP contribution is -2.45. The topological polar surface area (TPSA) is 93.7 Å². The van der Waals surface area contributed by atoms with E-state index in [0.29, 0.717) is 13.0 Å². The second-order valence-corrected chi connectivity index (χ2v) is 4.44. The number of nitrogens with one attached hydrogen (secondary N) is 2. The summed E-state index contributed by atoms with van der Waals surface area (Å²) in [7, 11) is 0. The van der Waals surface area contributed by atoms with E-state index in [-0.39, 0.29) is 6.04 Å². The molecule has 0 aliphatic carbocycles. The van der Waals surface area contributed by atoms with Gasteiger partial charge in [-0.3, -0.25) is 10.1 Å². The van der Waals surface area contributed by atoms with Crippen LogP contribution in [0.5, 0.6) is 0 Å². The zero-order valence-electron chi connectivity index (χ0n) is 11.2. The standard InChI is InChI=1S/C12H20N2O5/c1-3-8(2)13-12(17)14-10(15)7-19-11(16)9-5-4-6-18-9/h8-9H,3-7H2,1-2H3,(H2,13,14,15,17)/t8-,9-/m1/s1. The van der Waals surface area contributed by atoms with E-state index in [1.807, 2.05) is 13.8 Å². The van der Waals surface area contributed by atoms with Crippen LogP contribution >= 0.6 is 0 Å². The minimum atomic E-state index is -0.660. The highest BCUT2D eigenvalue weighted by Crippen LogP contribution is 2.12. The molecule has 1 aliphatic heterocycles. The lowest BCUT2D eigenvalue weighted by atomic mass is 10.2. The molecule has 19 heavy (non-hydrogen) atoms. The molecule has 3 amide bonds.